The maximum atomic E-state index is 13.4. The molecular formula is C18H16F2N4O. The molecule has 0 unspecified atom stereocenters. The molecule has 0 atom stereocenters. The third-order valence-electron chi connectivity index (χ3n) is 4.32. The summed E-state index contributed by atoms with van der Waals surface area (Å²) in [7, 11) is 0. The summed E-state index contributed by atoms with van der Waals surface area (Å²) in [6, 6.07) is 7.09. The van der Waals surface area contributed by atoms with Gasteiger partial charge in [-0.05, 0) is 37.1 Å². The molecule has 1 aliphatic heterocycles. The van der Waals surface area contributed by atoms with Gasteiger partial charge in [0.05, 0.1) is 5.69 Å². The van der Waals surface area contributed by atoms with Crippen molar-refractivity contribution in [1.29, 1.82) is 0 Å². The molecule has 7 heteroatoms. The number of hydrogen-bond donors (Lipinski definition) is 1. The number of anilines is 1. The van der Waals surface area contributed by atoms with Gasteiger partial charge >= 0.3 is 6.03 Å². The SMILES string of the molecule is O=C(Nc1ccn2cc(-c3ccc(F)c(F)c3)nc2c1)N1CCCC1. The molecule has 2 amide bonds. The molecule has 4 rings (SSSR count). The van der Waals surface area contributed by atoms with E-state index in [0.29, 0.717) is 22.6 Å². The Bertz CT molecular complexity index is 947. The minimum Gasteiger partial charge on any atom is -0.325 e. The summed E-state index contributed by atoms with van der Waals surface area (Å²) in [6.07, 6.45) is 5.56. The minimum atomic E-state index is -0.909. The van der Waals surface area contributed by atoms with E-state index in [-0.39, 0.29) is 6.03 Å². The van der Waals surface area contributed by atoms with E-state index in [1.807, 2.05) is 0 Å². The number of urea groups is 1. The second-order valence-electron chi connectivity index (χ2n) is 6.06. The molecule has 0 radical (unpaired) electrons. The van der Waals surface area contributed by atoms with Gasteiger partial charge in [-0.2, -0.15) is 0 Å². The standard InChI is InChI=1S/C18H16F2N4O/c19-14-4-3-12(9-15(14)20)16-11-24-8-5-13(10-17(24)22-16)21-18(25)23-6-1-2-7-23/h3-5,8-11H,1-2,6-7H2,(H,21,25). The van der Waals surface area contributed by atoms with Crippen LogP contribution in [-0.4, -0.2) is 33.4 Å². The van der Waals surface area contributed by atoms with E-state index in [4.69, 9.17) is 0 Å². The van der Waals surface area contributed by atoms with Crippen molar-refractivity contribution in [3.05, 3.63) is 54.4 Å². The number of imidazole rings is 1. The first-order valence-corrected chi connectivity index (χ1v) is 8.10. The van der Waals surface area contributed by atoms with Crippen molar-refractivity contribution in [2.24, 2.45) is 0 Å². The number of fused-ring (bicyclic) bond motifs is 1. The van der Waals surface area contributed by atoms with Crippen LogP contribution in [0.5, 0.6) is 0 Å². The van der Waals surface area contributed by atoms with E-state index < -0.39 is 11.6 Å². The number of likely N-dealkylation sites (tertiary alicyclic amines) is 1. The largest absolute Gasteiger partial charge is 0.325 e. The van der Waals surface area contributed by atoms with E-state index >= 15 is 0 Å². The normalized spacial score (nSPS) is 14.2. The monoisotopic (exact) mass is 342 g/mol. The number of nitrogens with one attached hydrogen (secondary N) is 1. The Morgan fingerprint density at radius 1 is 1.08 bits per heavy atom. The van der Waals surface area contributed by atoms with Gasteiger partial charge in [-0.1, -0.05) is 0 Å². The van der Waals surface area contributed by atoms with Gasteiger partial charge in [-0.25, -0.2) is 18.6 Å². The summed E-state index contributed by atoms with van der Waals surface area (Å²) in [5, 5.41) is 2.87. The molecule has 2 aromatic heterocycles. The van der Waals surface area contributed by atoms with Crippen LogP contribution < -0.4 is 5.32 Å². The van der Waals surface area contributed by atoms with Crippen molar-refractivity contribution in [2.75, 3.05) is 18.4 Å². The number of aromatic nitrogens is 2. The zero-order valence-corrected chi connectivity index (χ0v) is 13.4. The predicted octanol–water partition coefficient (Wildman–Crippen LogP) is 3.91. The highest BCUT2D eigenvalue weighted by molar-refractivity contribution is 5.90. The van der Waals surface area contributed by atoms with Crippen molar-refractivity contribution in [2.45, 2.75) is 12.8 Å². The maximum absolute atomic E-state index is 13.4. The molecule has 1 aliphatic rings. The van der Waals surface area contributed by atoms with Crippen molar-refractivity contribution in [3.8, 4) is 11.3 Å². The Kier molecular flexibility index (Phi) is 3.83. The minimum absolute atomic E-state index is 0.116. The summed E-state index contributed by atoms with van der Waals surface area (Å²) >= 11 is 0. The lowest BCUT2D eigenvalue weighted by molar-refractivity contribution is 0.222. The molecule has 0 aliphatic carbocycles. The number of halogens is 2. The van der Waals surface area contributed by atoms with Gasteiger partial charge in [-0.3, -0.25) is 0 Å². The van der Waals surface area contributed by atoms with E-state index in [0.717, 1.165) is 38.1 Å². The molecule has 0 bridgehead atoms. The topological polar surface area (TPSA) is 49.6 Å². The first kappa shape index (κ1) is 15.6. The van der Waals surface area contributed by atoms with E-state index in [2.05, 4.69) is 10.3 Å². The zero-order valence-electron chi connectivity index (χ0n) is 13.4. The lowest BCUT2D eigenvalue weighted by Gasteiger charge is -2.16. The third-order valence-corrected chi connectivity index (χ3v) is 4.32. The van der Waals surface area contributed by atoms with E-state index in [1.54, 1.807) is 33.8 Å². The number of amides is 2. The highest BCUT2D eigenvalue weighted by Crippen LogP contribution is 2.23. The molecule has 3 heterocycles. The van der Waals surface area contributed by atoms with Gasteiger partial charge in [0.25, 0.3) is 0 Å². The summed E-state index contributed by atoms with van der Waals surface area (Å²) < 4.78 is 28.3. The average molecular weight is 342 g/mol. The Hall–Kier alpha value is -2.96. The maximum Gasteiger partial charge on any atom is 0.321 e. The first-order valence-electron chi connectivity index (χ1n) is 8.10. The lowest BCUT2D eigenvalue weighted by atomic mass is 10.1. The van der Waals surface area contributed by atoms with E-state index in [9.17, 15) is 13.6 Å². The van der Waals surface area contributed by atoms with Crippen LogP contribution >= 0.6 is 0 Å². The van der Waals surface area contributed by atoms with Gasteiger partial charge in [0.1, 0.15) is 5.65 Å². The molecule has 0 spiro atoms. The fourth-order valence-electron chi connectivity index (χ4n) is 2.98. The number of carbonyl (C=O) groups excluding carboxylic acids is 1. The third kappa shape index (κ3) is 3.05. The van der Waals surface area contributed by atoms with Crippen LogP contribution in [0.2, 0.25) is 0 Å². The second-order valence-corrected chi connectivity index (χ2v) is 6.06. The summed E-state index contributed by atoms with van der Waals surface area (Å²) in [5.74, 6) is -1.80. The van der Waals surface area contributed by atoms with Gasteiger partial charge in [0, 0.05) is 42.8 Å². The predicted molar refractivity (Wildman–Crippen MR) is 90.4 cm³/mol. The molecule has 1 saturated heterocycles. The number of nitrogens with zero attached hydrogens (tertiary/aromatic N) is 3. The lowest BCUT2D eigenvalue weighted by Crippen LogP contribution is -2.32. The van der Waals surface area contributed by atoms with Gasteiger partial charge < -0.3 is 14.6 Å². The van der Waals surface area contributed by atoms with Gasteiger partial charge in [0.2, 0.25) is 0 Å². The van der Waals surface area contributed by atoms with Gasteiger partial charge in [0.15, 0.2) is 11.6 Å². The van der Waals surface area contributed by atoms with Gasteiger partial charge in [-0.15, -0.1) is 0 Å². The molecule has 3 aromatic rings. The van der Waals surface area contributed by atoms with Crippen LogP contribution in [-0.2, 0) is 0 Å². The summed E-state index contributed by atoms with van der Waals surface area (Å²) in [5.41, 5.74) is 2.28. The van der Waals surface area contributed by atoms with Crippen LogP contribution in [0.4, 0.5) is 19.3 Å². The van der Waals surface area contributed by atoms with Crippen LogP contribution in [0.1, 0.15) is 12.8 Å². The molecule has 1 fully saturated rings. The van der Waals surface area contributed by atoms with Crippen LogP contribution in [0.25, 0.3) is 16.9 Å². The summed E-state index contributed by atoms with van der Waals surface area (Å²) in [4.78, 5) is 18.4. The van der Waals surface area contributed by atoms with Crippen molar-refractivity contribution in [3.63, 3.8) is 0 Å². The van der Waals surface area contributed by atoms with E-state index in [1.165, 1.54) is 6.07 Å². The zero-order chi connectivity index (χ0) is 17.4. The molecule has 128 valence electrons. The van der Waals surface area contributed by atoms with Crippen molar-refractivity contribution in [1.82, 2.24) is 14.3 Å². The Labute approximate surface area is 142 Å². The highest BCUT2D eigenvalue weighted by Gasteiger charge is 2.18. The molecule has 1 N–H and O–H groups in total. The van der Waals surface area contributed by atoms with Crippen LogP contribution in [0, 0.1) is 11.6 Å². The van der Waals surface area contributed by atoms with Crippen LogP contribution in [0.3, 0.4) is 0 Å². The number of hydrogen-bond acceptors (Lipinski definition) is 2. The number of pyridine rings is 1. The Morgan fingerprint density at radius 3 is 2.64 bits per heavy atom. The summed E-state index contributed by atoms with van der Waals surface area (Å²) in [6.45, 7) is 1.55. The van der Waals surface area contributed by atoms with Crippen LogP contribution in [0.15, 0.2) is 42.7 Å². The second kappa shape index (κ2) is 6.16. The number of carbonyl (C=O) groups is 1. The highest BCUT2D eigenvalue weighted by atomic mass is 19.2. The van der Waals surface area contributed by atoms with Crippen molar-refractivity contribution >= 4 is 17.4 Å². The fourth-order valence-corrected chi connectivity index (χ4v) is 2.98. The first-order chi connectivity index (χ1) is 12.1. The Balaban J connectivity index is 1.60. The fraction of sp³-hybridized carbons (Fsp3) is 0.222. The Morgan fingerprint density at radius 2 is 1.88 bits per heavy atom. The number of benzene rings is 1. The molecular weight excluding hydrogens is 326 g/mol. The number of rotatable bonds is 2. The molecule has 25 heavy (non-hydrogen) atoms. The quantitative estimate of drug-likeness (QED) is 0.768. The molecule has 5 nitrogen and oxygen atoms in total. The smallest absolute Gasteiger partial charge is 0.321 e. The molecule has 0 saturated carbocycles. The average Bonchev–Trinajstić information content (AvgIpc) is 3.26. The molecule has 1 aromatic carbocycles. The van der Waals surface area contributed by atoms with Crippen molar-refractivity contribution < 1.29 is 13.6 Å².